The molecular formula is C22H20O3. The van der Waals surface area contributed by atoms with Crippen LogP contribution in [0.15, 0.2) is 67.3 Å². The van der Waals surface area contributed by atoms with Gasteiger partial charge in [-0.25, -0.2) is 4.79 Å². The molecule has 0 N–H and O–H groups in total. The molecule has 0 atom stereocenters. The van der Waals surface area contributed by atoms with E-state index >= 15 is 0 Å². The molecule has 0 radical (unpaired) electrons. The predicted octanol–water partition coefficient (Wildman–Crippen LogP) is 5.31. The number of allylic oxidation sites excluding steroid dienone is 2. The Kier molecular flexibility index (Phi) is 5.14. The maximum Gasteiger partial charge on any atom is 0.338 e. The van der Waals surface area contributed by atoms with Crippen LogP contribution in [0, 0.1) is 0 Å². The van der Waals surface area contributed by atoms with Crippen molar-refractivity contribution in [3.63, 3.8) is 0 Å². The largest absolute Gasteiger partial charge is 0.465 e. The van der Waals surface area contributed by atoms with Crippen LogP contribution in [0.25, 0.3) is 17.6 Å². The van der Waals surface area contributed by atoms with E-state index in [1.807, 2.05) is 54.6 Å². The van der Waals surface area contributed by atoms with Gasteiger partial charge < -0.3 is 9.47 Å². The maximum atomic E-state index is 12.1. The zero-order valence-electron chi connectivity index (χ0n) is 14.2. The van der Waals surface area contributed by atoms with Crippen LogP contribution in [0.4, 0.5) is 0 Å². The third-order valence-electron chi connectivity index (χ3n) is 4.03. The van der Waals surface area contributed by atoms with Crippen molar-refractivity contribution < 1.29 is 14.3 Å². The molecule has 0 amide bonds. The van der Waals surface area contributed by atoms with Crippen LogP contribution in [-0.2, 0) is 9.47 Å². The molecule has 2 aromatic rings. The van der Waals surface area contributed by atoms with E-state index in [0.717, 1.165) is 35.3 Å². The van der Waals surface area contributed by atoms with Crippen molar-refractivity contribution in [1.82, 2.24) is 0 Å². The number of rotatable bonds is 5. The van der Waals surface area contributed by atoms with E-state index in [4.69, 9.17) is 9.47 Å². The number of unbranched alkanes of at least 4 members (excludes halogenated alkanes) is 1. The van der Waals surface area contributed by atoms with Gasteiger partial charge in [0.05, 0.1) is 12.7 Å². The highest BCUT2D eigenvalue weighted by Gasteiger charge is 2.21. The molecule has 1 aliphatic rings. The molecule has 0 aromatic heterocycles. The molecule has 2 aromatic carbocycles. The molecule has 0 aliphatic carbocycles. The minimum atomic E-state index is -0.379. The third-order valence-corrected chi connectivity index (χ3v) is 4.03. The second-order valence-corrected chi connectivity index (χ2v) is 5.67. The van der Waals surface area contributed by atoms with Gasteiger partial charge >= 0.3 is 5.97 Å². The lowest BCUT2D eigenvalue weighted by Crippen LogP contribution is -2.08. The van der Waals surface area contributed by atoms with Crippen molar-refractivity contribution >= 4 is 23.6 Å². The summed E-state index contributed by atoms with van der Waals surface area (Å²) in [5, 5.41) is 0. The molecule has 0 saturated heterocycles. The lowest BCUT2D eigenvalue weighted by atomic mass is 9.97. The molecule has 1 heterocycles. The van der Waals surface area contributed by atoms with Crippen molar-refractivity contribution in [3.8, 4) is 0 Å². The quantitative estimate of drug-likeness (QED) is 0.423. The van der Waals surface area contributed by atoms with E-state index in [-0.39, 0.29) is 5.97 Å². The van der Waals surface area contributed by atoms with Crippen LogP contribution in [0.2, 0.25) is 0 Å². The first-order valence-corrected chi connectivity index (χ1v) is 8.22. The van der Waals surface area contributed by atoms with E-state index in [2.05, 4.69) is 12.7 Å². The number of hydrogen-bond donors (Lipinski definition) is 0. The lowest BCUT2D eigenvalue weighted by Gasteiger charge is -2.22. The standard InChI is InChI=1S/C22H20O3/c1-3-4-5-14-20-17-11-7-6-10-16(17)15-21(25-20)18-12-8-9-13-19(18)22(23)24-2/h3,6-15H,1,4-5H2,2H3/b20-14-. The molecule has 0 spiro atoms. The second-order valence-electron chi connectivity index (χ2n) is 5.67. The monoisotopic (exact) mass is 332 g/mol. The minimum absolute atomic E-state index is 0.379. The Balaban J connectivity index is 2.07. The average Bonchev–Trinajstić information content (AvgIpc) is 2.67. The van der Waals surface area contributed by atoms with Crippen molar-refractivity contribution in [2.24, 2.45) is 0 Å². The number of carbonyl (C=O) groups is 1. The number of hydrogen-bond acceptors (Lipinski definition) is 3. The van der Waals surface area contributed by atoms with Gasteiger partial charge in [-0.3, -0.25) is 0 Å². The smallest absolute Gasteiger partial charge is 0.338 e. The summed E-state index contributed by atoms with van der Waals surface area (Å²) in [6.45, 7) is 3.76. The van der Waals surface area contributed by atoms with Crippen LogP contribution in [0.3, 0.4) is 0 Å². The highest BCUT2D eigenvalue weighted by atomic mass is 16.5. The number of fused-ring (bicyclic) bond motifs is 1. The zero-order valence-corrected chi connectivity index (χ0v) is 14.2. The first-order valence-electron chi connectivity index (χ1n) is 8.22. The van der Waals surface area contributed by atoms with Crippen LogP contribution in [0.1, 0.15) is 39.9 Å². The van der Waals surface area contributed by atoms with Gasteiger partial charge in [0.2, 0.25) is 0 Å². The lowest BCUT2D eigenvalue weighted by molar-refractivity contribution is 0.0600. The first kappa shape index (κ1) is 16.8. The Morgan fingerprint density at radius 1 is 1.08 bits per heavy atom. The van der Waals surface area contributed by atoms with Crippen molar-refractivity contribution in [2.75, 3.05) is 7.11 Å². The van der Waals surface area contributed by atoms with Crippen LogP contribution < -0.4 is 0 Å². The minimum Gasteiger partial charge on any atom is -0.465 e. The summed E-state index contributed by atoms with van der Waals surface area (Å²) in [5.41, 5.74) is 3.32. The predicted molar refractivity (Wildman–Crippen MR) is 101 cm³/mol. The van der Waals surface area contributed by atoms with Gasteiger partial charge in [0.25, 0.3) is 0 Å². The summed E-state index contributed by atoms with van der Waals surface area (Å²) in [6, 6.07) is 15.4. The fourth-order valence-electron chi connectivity index (χ4n) is 2.79. The SMILES string of the molecule is C=CCC/C=C1\OC(c2ccccc2C(=O)OC)=Cc2ccccc21. The highest BCUT2D eigenvalue weighted by Crippen LogP contribution is 2.36. The van der Waals surface area contributed by atoms with Crippen LogP contribution in [0.5, 0.6) is 0 Å². The van der Waals surface area contributed by atoms with Gasteiger partial charge in [-0.1, -0.05) is 48.5 Å². The molecule has 1 aliphatic heterocycles. The number of esters is 1. The summed E-state index contributed by atoms with van der Waals surface area (Å²) in [6.07, 6.45) is 7.64. The van der Waals surface area contributed by atoms with Gasteiger partial charge in [-0.2, -0.15) is 0 Å². The zero-order chi connectivity index (χ0) is 17.6. The molecule has 25 heavy (non-hydrogen) atoms. The Hall–Kier alpha value is -3.07. The summed E-state index contributed by atoms with van der Waals surface area (Å²) in [4.78, 5) is 12.1. The first-order chi connectivity index (χ1) is 12.2. The number of carbonyl (C=O) groups excluding carboxylic acids is 1. The van der Waals surface area contributed by atoms with Crippen LogP contribution >= 0.6 is 0 Å². The Labute approximate surface area is 147 Å². The Morgan fingerprint density at radius 2 is 1.80 bits per heavy atom. The average molecular weight is 332 g/mol. The van der Waals surface area contributed by atoms with E-state index in [1.54, 1.807) is 6.07 Å². The summed E-state index contributed by atoms with van der Waals surface area (Å²) < 4.78 is 11.1. The third kappa shape index (κ3) is 3.56. The summed E-state index contributed by atoms with van der Waals surface area (Å²) >= 11 is 0. The van der Waals surface area contributed by atoms with Crippen molar-refractivity contribution in [2.45, 2.75) is 12.8 Å². The number of ether oxygens (including phenoxy) is 2. The molecule has 0 fully saturated rings. The van der Waals surface area contributed by atoms with Crippen molar-refractivity contribution in [3.05, 3.63) is 89.5 Å². The second kappa shape index (κ2) is 7.67. The van der Waals surface area contributed by atoms with Gasteiger partial charge in [-0.15, -0.1) is 6.58 Å². The maximum absolute atomic E-state index is 12.1. The molecule has 0 bridgehead atoms. The van der Waals surface area contributed by atoms with Gasteiger partial charge in [0, 0.05) is 11.1 Å². The van der Waals surface area contributed by atoms with Gasteiger partial charge in [0.1, 0.15) is 11.5 Å². The topological polar surface area (TPSA) is 35.5 Å². The van der Waals surface area contributed by atoms with Crippen LogP contribution in [-0.4, -0.2) is 13.1 Å². The molecule has 126 valence electrons. The molecule has 0 saturated carbocycles. The molecule has 3 rings (SSSR count). The van der Waals surface area contributed by atoms with Crippen molar-refractivity contribution in [1.29, 1.82) is 0 Å². The number of methoxy groups -OCH3 is 1. The molecule has 0 unspecified atom stereocenters. The summed E-state index contributed by atoms with van der Waals surface area (Å²) in [5.74, 6) is 1.07. The van der Waals surface area contributed by atoms with E-state index in [9.17, 15) is 4.79 Å². The fraction of sp³-hybridized carbons (Fsp3) is 0.136. The molecule has 3 nitrogen and oxygen atoms in total. The summed E-state index contributed by atoms with van der Waals surface area (Å²) in [7, 11) is 1.38. The fourth-order valence-corrected chi connectivity index (χ4v) is 2.79. The van der Waals surface area contributed by atoms with Gasteiger partial charge in [-0.05, 0) is 36.6 Å². The van der Waals surface area contributed by atoms with E-state index in [1.165, 1.54) is 7.11 Å². The number of benzene rings is 2. The van der Waals surface area contributed by atoms with E-state index < -0.39 is 0 Å². The van der Waals surface area contributed by atoms with Gasteiger partial charge in [0.15, 0.2) is 0 Å². The highest BCUT2D eigenvalue weighted by molar-refractivity contribution is 5.98. The normalized spacial score (nSPS) is 14.3. The Bertz CT molecular complexity index is 859. The van der Waals surface area contributed by atoms with E-state index in [0.29, 0.717) is 11.3 Å². The molecule has 3 heteroatoms. The Morgan fingerprint density at radius 3 is 2.56 bits per heavy atom. The molecular weight excluding hydrogens is 312 g/mol.